The van der Waals surface area contributed by atoms with Crippen LogP contribution in [0.5, 0.6) is 11.5 Å². The standard InChI is InChI=1S/C16H27NO2/c1-4-17-12-8-6-5-7-9-14-10-11-15(18-2)16(13-14)19-3/h10-11,13,17H,4-9,12H2,1-3H3. The van der Waals surface area contributed by atoms with Crippen molar-refractivity contribution in [1.82, 2.24) is 5.32 Å². The Morgan fingerprint density at radius 1 is 0.947 bits per heavy atom. The summed E-state index contributed by atoms with van der Waals surface area (Å²) in [5.74, 6) is 1.63. The second kappa shape index (κ2) is 9.68. The highest BCUT2D eigenvalue weighted by molar-refractivity contribution is 5.42. The van der Waals surface area contributed by atoms with Crippen LogP contribution in [-0.4, -0.2) is 27.3 Å². The molecule has 0 atom stereocenters. The van der Waals surface area contributed by atoms with Gasteiger partial charge in [0.1, 0.15) is 0 Å². The molecule has 1 N–H and O–H groups in total. The van der Waals surface area contributed by atoms with Gasteiger partial charge in [0, 0.05) is 0 Å². The van der Waals surface area contributed by atoms with E-state index in [-0.39, 0.29) is 0 Å². The number of nitrogens with one attached hydrogen (secondary N) is 1. The fourth-order valence-corrected chi connectivity index (χ4v) is 2.15. The molecule has 0 aliphatic rings. The van der Waals surface area contributed by atoms with Crippen molar-refractivity contribution < 1.29 is 9.47 Å². The maximum Gasteiger partial charge on any atom is 0.160 e. The summed E-state index contributed by atoms with van der Waals surface area (Å²) in [6.45, 7) is 4.37. The summed E-state index contributed by atoms with van der Waals surface area (Å²) in [7, 11) is 3.35. The zero-order valence-electron chi connectivity index (χ0n) is 12.5. The summed E-state index contributed by atoms with van der Waals surface area (Å²) in [5, 5.41) is 3.35. The Bertz CT molecular complexity index is 353. The van der Waals surface area contributed by atoms with Crippen molar-refractivity contribution in [3.63, 3.8) is 0 Å². The van der Waals surface area contributed by atoms with Crippen LogP contribution in [0.3, 0.4) is 0 Å². The lowest BCUT2D eigenvalue weighted by molar-refractivity contribution is 0.354. The Labute approximate surface area is 117 Å². The van der Waals surface area contributed by atoms with Crippen molar-refractivity contribution >= 4 is 0 Å². The van der Waals surface area contributed by atoms with Gasteiger partial charge in [-0.25, -0.2) is 0 Å². The van der Waals surface area contributed by atoms with Crippen LogP contribution in [0.1, 0.15) is 38.2 Å². The number of hydrogen-bond donors (Lipinski definition) is 1. The first kappa shape index (κ1) is 15.8. The highest BCUT2D eigenvalue weighted by Gasteiger charge is 2.04. The molecule has 19 heavy (non-hydrogen) atoms. The highest BCUT2D eigenvalue weighted by Crippen LogP contribution is 2.28. The van der Waals surface area contributed by atoms with Gasteiger partial charge in [0.25, 0.3) is 0 Å². The molecule has 3 heteroatoms. The highest BCUT2D eigenvalue weighted by atomic mass is 16.5. The molecule has 0 aromatic heterocycles. The van der Waals surface area contributed by atoms with Crippen LogP contribution in [0, 0.1) is 0 Å². The van der Waals surface area contributed by atoms with E-state index in [0.717, 1.165) is 31.0 Å². The van der Waals surface area contributed by atoms with E-state index in [1.165, 1.54) is 31.2 Å². The first-order valence-corrected chi connectivity index (χ1v) is 7.23. The van der Waals surface area contributed by atoms with E-state index in [2.05, 4.69) is 24.4 Å². The van der Waals surface area contributed by atoms with E-state index in [0.29, 0.717) is 0 Å². The molecule has 0 aliphatic carbocycles. The minimum Gasteiger partial charge on any atom is -0.493 e. The number of benzene rings is 1. The Morgan fingerprint density at radius 3 is 2.37 bits per heavy atom. The lowest BCUT2D eigenvalue weighted by Gasteiger charge is -2.09. The molecule has 1 aromatic rings. The van der Waals surface area contributed by atoms with Gasteiger partial charge in [-0.1, -0.05) is 25.8 Å². The fraction of sp³-hybridized carbons (Fsp3) is 0.625. The average molecular weight is 265 g/mol. The van der Waals surface area contributed by atoms with Crippen LogP contribution in [-0.2, 0) is 6.42 Å². The largest absolute Gasteiger partial charge is 0.493 e. The second-order valence-electron chi connectivity index (χ2n) is 4.71. The predicted molar refractivity (Wildman–Crippen MR) is 80.3 cm³/mol. The van der Waals surface area contributed by atoms with Crippen LogP contribution >= 0.6 is 0 Å². The molecule has 0 aliphatic heterocycles. The van der Waals surface area contributed by atoms with Crippen LogP contribution in [0.4, 0.5) is 0 Å². The zero-order valence-corrected chi connectivity index (χ0v) is 12.5. The minimum absolute atomic E-state index is 0.803. The lowest BCUT2D eigenvalue weighted by Crippen LogP contribution is -2.13. The minimum atomic E-state index is 0.803. The zero-order chi connectivity index (χ0) is 13.9. The molecule has 0 fully saturated rings. The van der Waals surface area contributed by atoms with Gasteiger partial charge in [-0.15, -0.1) is 0 Å². The Hall–Kier alpha value is -1.22. The van der Waals surface area contributed by atoms with Crippen molar-refractivity contribution in [3.05, 3.63) is 23.8 Å². The van der Waals surface area contributed by atoms with Crippen molar-refractivity contribution in [2.24, 2.45) is 0 Å². The molecule has 0 amide bonds. The second-order valence-corrected chi connectivity index (χ2v) is 4.71. The summed E-state index contributed by atoms with van der Waals surface area (Å²) in [5.41, 5.74) is 1.32. The third-order valence-electron chi connectivity index (χ3n) is 3.27. The van der Waals surface area contributed by atoms with E-state index in [1.807, 2.05) is 6.07 Å². The van der Waals surface area contributed by atoms with E-state index in [4.69, 9.17) is 9.47 Å². The molecule has 0 saturated heterocycles. The summed E-state index contributed by atoms with van der Waals surface area (Å²) < 4.78 is 10.6. The number of ether oxygens (including phenoxy) is 2. The molecule has 0 unspecified atom stereocenters. The topological polar surface area (TPSA) is 30.5 Å². The van der Waals surface area contributed by atoms with Crippen molar-refractivity contribution in [2.45, 2.75) is 39.0 Å². The number of aryl methyl sites for hydroxylation is 1. The van der Waals surface area contributed by atoms with Crippen LogP contribution in [0.25, 0.3) is 0 Å². The van der Waals surface area contributed by atoms with Gasteiger partial charge in [-0.05, 0) is 50.0 Å². The molecular weight excluding hydrogens is 238 g/mol. The summed E-state index contributed by atoms with van der Waals surface area (Å²) in [4.78, 5) is 0. The smallest absolute Gasteiger partial charge is 0.160 e. The normalized spacial score (nSPS) is 10.5. The Morgan fingerprint density at radius 2 is 1.68 bits per heavy atom. The monoisotopic (exact) mass is 265 g/mol. The van der Waals surface area contributed by atoms with Gasteiger partial charge in [0.15, 0.2) is 11.5 Å². The van der Waals surface area contributed by atoms with Gasteiger partial charge in [0.2, 0.25) is 0 Å². The fourth-order valence-electron chi connectivity index (χ4n) is 2.15. The van der Waals surface area contributed by atoms with Crippen LogP contribution < -0.4 is 14.8 Å². The summed E-state index contributed by atoms with van der Waals surface area (Å²) in [6.07, 6.45) is 6.23. The summed E-state index contributed by atoms with van der Waals surface area (Å²) >= 11 is 0. The predicted octanol–water partition coefficient (Wildman–Crippen LogP) is 3.42. The first-order chi connectivity index (χ1) is 9.31. The third-order valence-corrected chi connectivity index (χ3v) is 3.27. The first-order valence-electron chi connectivity index (χ1n) is 7.23. The number of unbranched alkanes of at least 4 members (excludes halogenated alkanes) is 3. The maximum absolute atomic E-state index is 5.32. The quantitative estimate of drug-likeness (QED) is 0.658. The number of methoxy groups -OCH3 is 2. The van der Waals surface area contributed by atoms with Gasteiger partial charge < -0.3 is 14.8 Å². The molecular formula is C16H27NO2. The third kappa shape index (κ3) is 5.97. The van der Waals surface area contributed by atoms with E-state index in [9.17, 15) is 0 Å². The Balaban J connectivity index is 2.26. The summed E-state index contributed by atoms with van der Waals surface area (Å²) in [6, 6.07) is 6.19. The van der Waals surface area contributed by atoms with E-state index < -0.39 is 0 Å². The maximum atomic E-state index is 5.32. The van der Waals surface area contributed by atoms with Gasteiger partial charge in [0.05, 0.1) is 14.2 Å². The van der Waals surface area contributed by atoms with Crippen LogP contribution in [0.2, 0.25) is 0 Å². The number of rotatable bonds is 10. The van der Waals surface area contributed by atoms with Gasteiger partial charge in [-0.2, -0.15) is 0 Å². The molecule has 0 bridgehead atoms. The van der Waals surface area contributed by atoms with Crippen molar-refractivity contribution in [3.8, 4) is 11.5 Å². The Kier molecular flexibility index (Phi) is 8.07. The van der Waals surface area contributed by atoms with Gasteiger partial charge in [-0.3, -0.25) is 0 Å². The molecule has 0 radical (unpaired) electrons. The van der Waals surface area contributed by atoms with Crippen LogP contribution in [0.15, 0.2) is 18.2 Å². The van der Waals surface area contributed by atoms with E-state index >= 15 is 0 Å². The molecule has 0 spiro atoms. The molecule has 0 saturated carbocycles. The van der Waals surface area contributed by atoms with Gasteiger partial charge >= 0.3 is 0 Å². The molecule has 1 aromatic carbocycles. The van der Waals surface area contributed by atoms with E-state index in [1.54, 1.807) is 14.2 Å². The molecule has 1 rings (SSSR count). The molecule has 108 valence electrons. The van der Waals surface area contributed by atoms with Crippen molar-refractivity contribution in [1.29, 1.82) is 0 Å². The SMILES string of the molecule is CCNCCCCCCc1ccc(OC)c(OC)c1. The molecule has 0 heterocycles. The van der Waals surface area contributed by atoms with Crippen molar-refractivity contribution in [2.75, 3.05) is 27.3 Å². The average Bonchev–Trinajstić information content (AvgIpc) is 2.46. The molecule has 3 nitrogen and oxygen atoms in total. The number of hydrogen-bond acceptors (Lipinski definition) is 3. The lowest BCUT2D eigenvalue weighted by atomic mass is 10.1.